The first kappa shape index (κ1) is 15.2. The number of rotatable bonds is 8. The maximum atomic E-state index is 11.8. The minimum absolute atomic E-state index is 0.0269. The van der Waals surface area contributed by atoms with Gasteiger partial charge in [0.25, 0.3) is 0 Å². The van der Waals surface area contributed by atoms with Crippen LogP contribution in [-0.4, -0.2) is 38.6 Å². The van der Waals surface area contributed by atoms with E-state index in [4.69, 9.17) is 9.47 Å². The summed E-state index contributed by atoms with van der Waals surface area (Å²) in [6.45, 7) is 2.70. The van der Waals surface area contributed by atoms with Crippen molar-refractivity contribution in [2.45, 2.75) is 13.3 Å². The van der Waals surface area contributed by atoms with Crippen molar-refractivity contribution in [2.24, 2.45) is 0 Å². The minimum atomic E-state index is -0.306. The number of nitrogens with one attached hydrogen (secondary N) is 1. The molecule has 0 bridgehead atoms. The molecule has 1 aromatic rings. The lowest BCUT2D eigenvalue weighted by molar-refractivity contribution is -0.141. The quantitative estimate of drug-likeness (QED) is 0.437. The third kappa shape index (κ3) is 5.52. The van der Waals surface area contributed by atoms with Gasteiger partial charge in [-0.15, -0.1) is 0 Å². The van der Waals surface area contributed by atoms with Crippen molar-refractivity contribution in [3.8, 4) is 5.75 Å². The van der Waals surface area contributed by atoms with Gasteiger partial charge in [-0.2, -0.15) is 0 Å². The maximum absolute atomic E-state index is 11.8. The normalized spacial score (nSPS) is 10.0. The van der Waals surface area contributed by atoms with Crippen LogP contribution in [0.1, 0.15) is 23.7 Å². The highest BCUT2D eigenvalue weighted by Crippen LogP contribution is 2.12. The summed E-state index contributed by atoms with van der Waals surface area (Å²) in [5.74, 6) is 0.440. The molecule has 0 spiro atoms. The predicted octanol–water partition coefficient (Wildman–Crippen LogP) is 1.42. The van der Waals surface area contributed by atoms with E-state index in [9.17, 15) is 9.59 Å². The Morgan fingerprint density at radius 2 is 1.89 bits per heavy atom. The molecule has 0 amide bonds. The molecular weight excluding hydrogens is 246 g/mol. The van der Waals surface area contributed by atoms with Crippen LogP contribution >= 0.6 is 0 Å². The largest absolute Gasteiger partial charge is 0.497 e. The molecule has 1 rings (SSSR count). The number of carbonyl (C=O) groups is 2. The summed E-state index contributed by atoms with van der Waals surface area (Å²) >= 11 is 0. The monoisotopic (exact) mass is 265 g/mol. The van der Waals surface area contributed by atoms with E-state index in [-0.39, 0.29) is 18.3 Å². The van der Waals surface area contributed by atoms with Gasteiger partial charge in [-0.1, -0.05) is 0 Å². The van der Waals surface area contributed by atoms with E-state index >= 15 is 0 Å². The smallest absolute Gasteiger partial charge is 0.319 e. The average molecular weight is 265 g/mol. The van der Waals surface area contributed by atoms with Gasteiger partial charge in [-0.05, 0) is 31.2 Å². The topological polar surface area (TPSA) is 64.6 Å². The molecule has 0 aliphatic carbocycles. The molecule has 104 valence electrons. The van der Waals surface area contributed by atoms with Gasteiger partial charge in [-0.25, -0.2) is 0 Å². The first-order valence-corrected chi connectivity index (χ1v) is 6.21. The van der Waals surface area contributed by atoms with Crippen molar-refractivity contribution in [1.29, 1.82) is 0 Å². The zero-order chi connectivity index (χ0) is 14.1. The molecular formula is C14H19NO4. The van der Waals surface area contributed by atoms with Crippen LogP contribution in [0.2, 0.25) is 0 Å². The molecule has 0 aliphatic heterocycles. The summed E-state index contributed by atoms with van der Waals surface area (Å²) < 4.78 is 9.78. The van der Waals surface area contributed by atoms with Crippen LogP contribution in [0.4, 0.5) is 0 Å². The third-order valence-corrected chi connectivity index (χ3v) is 2.52. The van der Waals surface area contributed by atoms with Crippen molar-refractivity contribution < 1.29 is 19.1 Å². The van der Waals surface area contributed by atoms with E-state index in [1.807, 2.05) is 0 Å². The summed E-state index contributed by atoms with van der Waals surface area (Å²) in [7, 11) is 1.58. The minimum Gasteiger partial charge on any atom is -0.497 e. The van der Waals surface area contributed by atoms with E-state index in [0.717, 1.165) is 5.75 Å². The van der Waals surface area contributed by atoms with Gasteiger partial charge < -0.3 is 14.8 Å². The van der Waals surface area contributed by atoms with Crippen molar-refractivity contribution in [3.63, 3.8) is 0 Å². The fraction of sp³-hybridized carbons (Fsp3) is 0.429. The summed E-state index contributed by atoms with van der Waals surface area (Å²) in [6, 6.07) is 6.96. The van der Waals surface area contributed by atoms with E-state index in [1.54, 1.807) is 38.3 Å². The van der Waals surface area contributed by atoms with Crippen LogP contribution in [0.3, 0.4) is 0 Å². The number of methoxy groups -OCH3 is 1. The van der Waals surface area contributed by atoms with Crippen molar-refractivity contribution >= 4 is 11.8 Å². The molecule has 5 heteroatoms. The Kier molecular flexibility index (Phi) is 6.60. The number of carbonyl (C=O) groups excluding carboxylic acids is 2. The first-order chi connectivity index (χ1) is 9.17. The van der Waals surface area contributed by atoms with E-state index in [0.29, 0.717) is 25.1 Å². The third-order valence-electron chi connectivity index (χ3n) is 2.52. The Hall–Kier alpha value is -1.88. The molecule has 19 heavy (non-hydrogen) atoms. The molecule has 5 nitrogen and oxygen atoms in total. The summed E-state index contributed by atoms with van der Waals surface area (Å²) in [4.78, 5) is 22.9. The number of hydrogen-bond acceptors (Lipinski definition) is 5. The molecule has 0 aliphatic rings. The lowest BCUT2D eigenvalue weighted by Gasteiger charge is -2.05. The lowest BCUT2D eigenvalue weighted by atomic mass is 10.1. The highest BCUT2D eigenvalue weighted by molar-refractivity contribution is 5.96. The number of hydrogen-bond donors (Lipinski definition) is 1. The number of benzene rings is 1. The second-order valence-corrected chi connectivity index (χ2v) is 3.88. The van der Waals surface area contributed by atoms with E-state index in [2.05, 4.69) is 5.32 Å². The van der Waals surface area contributed by atoms with Gasteiger partial charge in [0.05, 0.1) is 20.3 Å². The molecule has 0 aromatic heterocycles. The second-order valence-electron chi connectivity index (χ2n) is 3.88. The Morgan fingerprint density at radius 1 is 1.21 bits per heavy atom. The second kappa shape index (κ2) is 8.26. The molecule has 0 saturated heterocycles. The Bertz CT molecular complexity index is 414. The van der Waals surface area contributed by atoms with Gasteiger partial charge in [-0.3, -0.25) is 9.59 Å². The van der Waals surface area contributed by atoms with E-state index in [1.165, 1.54) is 0 Å². The molecule has 1 N–H and O–H groups in total. The molecule has 0 radical (unpaired) electrons. The molecule has 0 heterocycles. The zero-order valence-corrected chi connectivity index (χ0v) is 11.3. The molecule has 1 aromatic carbocycles. The van der Waals surface area contributed by atoms with Crippen LogP contribution in [0.25, 0.3) is 0 Å². The number of esters is 1. The molecule has 0 saturated carbocycles. The molecule has 0 atom stereocenters. The Balaban J connectivity index is 2.29. The van der Waals surface area contributed by atoms with E-state index < -0.39 is 0 Å². The van der Waals surface area contributed by atoms with Gasteiger partial charge in [0.1, 0.15) is 5.75 Å². The Labute approximate surface area is 112 Å². The lowest BCUT2D eigenvalue weighted by Crippen LogP contribution is -2.26. The number of Topliss-reactive ketones (excluding diaryl/α,β-unsaturated/α-hetero) is 1. The van der Waals surface area contributed by atoms with Crippen LogP contribution in [0.5, 0.6) is 5.75 Å². The van der Waals surface area contributed by atoms with Crippen molar-refractivity contribution in [2.75, 3.05) is 26.8 Å². The highest BCUT2D eigenvalue weighted by atomic mass is 16.5. The van der Waals surface area contributed by atoms with Crippen molar-refractivity contribution in [3.05, 3.63) is 29.8 Å². The fourth-order valence-corrected chi connectivity index (χ4v) is 1.53. The van der Waals surface area contributed by atoms with Crippen LogP contribution in [0, 0.1) is 0 Å². The van der Waals surface area contributed by atoms with Crippen molar-refractivity contribution in [1.82, 2.24) is 5.32 Å². The summed E-state index contributed by atoms with van der Waals surface area (Å²) in [6.07, 6.45) is 0.339. The highest BCUT2D eigenvalue weighted by Gasteiger charge is 2.06. The zero-order valence-electron chi connectivity index (χ0n) is 11.3. The first-order valence-electron chi connectivity index (χ1n) is 6.21. The maximum Gasteiger partial charge on any atom is 0.319 e. The molecule has 0 unspecified atom stereocenters. The Morgan fingerprint density at radius 3 is 2.47 bits per heavy atom. The van der Waals surface area contributed by atoms with Gasteiger partial charge in [0, 0.05) is 18.5 Å². The van der Waals surface area contributed by atoms with Crippen LogP contribution < -0.4 is 10.1 Å². The standard InChI is InChI=1S/C14H19NO4/c1-3-19-14(17)10-15-9-8-13(16)11-4-6-12(18-2)7-5-11/h4-7,15H,3,8-10H2,1-2H3. The van der Waals surface area contributed by atoms with Gasteiger partial charge in [0.2, 0.25) is 0 Å². The molecule has 0 fully saturated rings. The summed E-state index contributed by atoms with van der Waals surface area (Å²) in [5, 5.41) is 2.87. The average Bonchev–Trinajstić information content (AvgIpc) is 2.44. The van der Waals surface area contributed by atoms with Crippen LogP contribution in [0.15, 0.2) is 24.3 Å². The predicted molar refractivity (Wildman–Crippen MR) is 71.4 cm³/mol. The number of ether oxygens (including phenoxy) is 2. The summed E-state index contributed by atoms with van der Waals surface area (Å²) in [5.41, 5.74) is 0.638. The van der Waals surface area contributed by atoms with Gasteiger partial charge >= 0.3 is 5.97 Å². The number of ketones is 1. The SMILES string of the molecule is CCOC(=O)CNCCC(=O)c1ccc(OC)cc1. The fourth-order valence-electron chi connectivity index (χ4n) is 1.53. The van der Waals surface area contributed by atoms with Gasteiger partial charge in [0.15, 0.2) is 5.78 Å². The van der Waals surface area contributed by atoms with Crippen LogP contribution in [-0.2, 0) is 9.53 Å².